The first-order valence-electron chi connectivity index (χ1n) is 3.81. The monoisotopic (exact) mass is 243 g/mol. The van der Waals surface area contributed by atoms with E-state index in [1.54, 1.807) is 0 Å². The molecule has 0 aliphatic heterocycles. The zero-order valence-electron chi connectivity index (χ0n) is 7.17. The van der Waals surface area contributed by atoms with E-state index in [1.807, 2.05) is 25.1 Å². The Balaban J connectivity index is 2.68. The van der Waals surface area contributed by atoms with Crippen molar-refractivity contribution in [2.75, 3.05) is 11.9 Å². The summed E-state index contributed by atoms with van der Waals surface area (Å²) in [5, 5.41) is 11.2. The van der Waals surface area contributed by atoms with Gasteiger partial charge in [0.25, 0.3) is 0 Å². The van der Waals surface area contributed by atoms with Crippen LogP contribution in [0.2, 0.25) is 0 Å². The molecule has 3 nitrogen and oxygen atoms in total. The molecule has 0 aliphatic carbocycles. The van der Waals surface area contributed by atoms with Gasteiger partial charge in [0.05, 0.1) is 0 Å². The van der Waals surface area contributed by atoms with Crippen molar-refractivity contribution in [2.45, 2.75) is 6.92 Å². The second kappa shape index (κ2) is 4.28. The minimum absolute atomic E-state index is 0.0600. The Morgan fingerprint density at radius 3 is 2.85 bits per heavy atom. The summed E-state index contributed by atoms with van der Waals surface area (Å²) in [5.74, 6) is -0.864. The van der Waals surface area contributed by atoms with Crippen LogP contribution < -0.4 is 5.32 Å². The van der Waals surface area contributed by atoms with E-state index in [0.29, 0.717) is 0 Å². The van der Waals surface area contributed by atoms with Crippen molar-refractivity contribution in [1.29, 1.82) is 0 Å². The highest BCUT2D eigenvalue weighted by atomic mass is 79.9. The molecule has 4 heteroatoms. The van der Waals surface area contributed by atoms with E-state index in [0.717, 1.165) is 15.7 Å². The van der Waals surface area contributed by atoms with E-state index < -0.39 is 5.97 Å². The van der Waals surface area contributed by atoms with Crippen LogP contribution in [0.25, 0.3) is 0 Å². The van der Waals surface area contributed by atoms with Gasteiger partial charge in [-0.3, -0.25) is 4.79 Å². The van der Waals surface area contributed by atoms with Crippen LogP contribution in [0.5, 0.6) is 0 Å². The molecule has 13 heavy (non-hydrogen) atoms. The summed E-state index contributed by atoms with van der Waals surface area (Å²) in [7, 11) is 0. The lowest BCUT2D eigenvalue weighted by Crippen LogP contribution is -2.12. The molecule has 0 saturated heterocycles. The number of carboxylic acid groups (broad SMARTS) is 1. The number of halogens is 1. The largest absolute Gasteiger partial charge is 0.480 e. The van der Waals surface area contributed by atoms with Gasteiger partial charge in [-0.25, -0.2) is 0 Å². The molecule has 0 bridgehead atoms. The normalized spacial score (nSPS) is 9.69. The van der Waals surface area contributed by atoms with Gasteiger partial charge < -0.3 is 10.4 Å². The number of rotatable bonds is 3. The molecule has 0 aromatic heterocycles. The lowest BCUT2D eigenvalue weighted by molar-refractivity contribution is -0.134. The highest BCUT2D eigenvalue weighted by Gasteiger charge is 1.99. The molecule has 1 aromatic rings. The number of nitrogens with one attached hydrogen (secondary N) is 1. The maximum atomic E-state index is 10.3. The Bertz CT molecular complexity index is 325. The van der Waals surface area contributed by atoms with Crippen LogP contribution in [-0.2, 0) is 4.79 Å². The number of aliphatic carboxylic acids is 1. The lowest BCUT2D eigenvalue weighted by Gasteiger charge is -2.04. The maximum Gasteiger partial charge on any atom is 0.322 e. The van der Waals surface area contributed by atoms with Crippen molar-refractivity contribution in [3.63, 3.8) is 0 Å². The molecule has 0 spiro atoms. The number of carboxylic acids is 1. The van der Waals surface area contributed by atoms with Gasteiger partial charge in [-0.2, -0.15) is 0 Å². The third-order valence-corrected chi connectivity index (χ3v) is 2.47. The molecule has 2 N–H and O–H groups in total. The third kappa shape index (κ3) is 3.06. The minimum Gasteiger partial charge on any atom is -0.480 e. The second-order valence-corrected chi connectivity index (χ2v) is 3.57. The van der Waals surface area contributed by atoms with Crippen molar-refractivity contribution < 1.29 is 9.90 Å². The van der Waals surface area contributed by atoms with Gasteiger partial charge in [-0.15, -0.1) is 0 Å². The standard InChI is InChI=1S/C9H10BrNO2/c1-6-2-3-7(4-8(6)10)11-5-9(12)13/h2-4,11H,5H2,1H3,(H,12,13). The van der Waals surface area contributed by atoms with Crippen molar-refractivity contribution in [3.05, 3.63) is 28.2 Å². The van der Waals surface area contributed by atoms with Crippen molar-refractivity contribution in [2.24, 2.45) is 0 Å². The quantitative estimate of drug-likeness (QED) is 0.857. The highest BCUT2D eigenvalue weighted by Crippen LogP contribution is 2.20. The van der Waals surface area contributed by atoms with Crippen LogP contribution in [0.1, 0.15) is 5.56 Å². The van der Waals surface area contributed by atoms with Gasteiger partial charge in [-0.1, -0.05) is 22.0 Å². The van der Waals surface area contributed by atoms with E-state index in [-0.39, 0.29) is 6.54 Å². The van der Waals surface area contributed by atoms with Crippen LogP contribution in [0.15, 0.2) is 22.7 Å². The molecule has 0 aliphatic rings. The average molecular weight is 244 g/mol. The van der Waals surface area contributed by atoms with Gasteiger partial charge in [0.2, 0.25) is 0 Å². The molecule has 0 radical (unpaired) electrons. The van der Waals surface area contributed by atoms with E-state index in [2.05, 4.69) is 21.2 Å². The Morgan fingerprint density at radius 2 is 2.31 bits per heavy atom. The van der Waals surface area contributed by atoms with E-state index in [9.17, 15) is 4.79 Å². The fraction of sp³-hybridized carbons (Fsp3) is 0.222. The Labute approximate surface area is 84.9 Å². The Morgan fingerprint density at radius 1 is 1.62 bits per heavy atom. The first kappa shape index (κ1) is 10.1. The minimum atomic E-state index is -0.864. The summed E-state index contributed by atoms with van der Waals surface area (Å²) in [6, 6.07) is 5.63. The zero-order chi connectivity index (χ0) is 9.84. The summed E-state index contributed by atoms with van der Waals surface area (Å²) in [6.45, 7) is 1.92. The fourth-order valence-corrected chi connectivity index (χ4v) is 1.26. The summed E-state index contributed by atoms with van der Waals surface area (Å²) in [6.07, 6.45) is 0. The van der Waals surface area contributed by atoms with Crippen molar-refractivity contribution in [3.8, 4) is 0 Å². The van der Waals surface area contributed by atoms with Crippen molar-refractivity contribution >= 4 is 27.6 Å². The Hall–Kier alpha value is -1.03. The SMILES string of the molecule is Cc1ccc(NCC(=O)O)cc1Br. The molecule has 0 heterocycles. The third-order valence-electron chi connectivity index (χ3n) is 1.62. The molecule has 1 aromatic carbocycles. The zero-order valence-corrected chi connectivity index (χ0v) is 8.76. The maximum absolute atomic E-state index is 10.3. The molecule has 0 unspecified atom stereocenters. The number of anilines is 1. The topological polar surface area (TPSA) is 49.3 Å². The van der Waals surface area contributed by atoms with Gasteiger partial charge in [-0.05, 0) is 24.6 Å². The first-order chi connectivity index (χ1) is 6.09. The average Bonchev–Trinajstić information content (AvgIpc) is 2.07. The molecule has 70 valence electrons. The predicted molar refractivity (Wildman–Crippen MR) is 55.0 cm³/mol. The molecule has 0 saturated carbocycles. The summed E-state index contributed by atoms with van der Waals surface area (Å²) >= 11 is 3.37. The summed E-state index contributed by atoms with van der Waals surface area (Å²) < 4.78 is 0.975. The molecule has 0 atom stereocenters. The molecule has 0 fully saturated rings. The van der Waals surface area contributed by atoms with E-state index >= 15 is 0 Å². The number of hydrogen-bond donors (Lipinski definition) is 2. The van der Waals surface area contributed by atoms with Crippen molar-refractivity contribution in [1.82, 2.24) is 0 Å². The summed E-state index contributed by atoms with van der Waals surface area (Å²) in [4.78, 5) is 10.3. The molecular weight excluding hydrogens is 234 g/mol. The smallest absolute Gasteiger partial charge is 0.322 e. The highest BCUT2D eigenvalue weighted by molar-refractivity contribution is 9.10. The number of benzene rings is 1. The lowest BCUT2D eigenvalue weighted by atomic mass is 10.2. The molecule has 1 rings (SSSR count). The Kier molecular flexibility index (Phi) is 3.31. The van der Waals surface area contributed by atoms with Crippen LogP contribution in [0.4, 0.5) is 5.69 Å². The molecule has 0 amide bonds. The first-order valence-corrected chi connectivity index (χ1v) is 4.60. The van der Waals surface area contributed by atoms with Crippen LogP contribution in [0.3, 0.4) is 0 Å². The van der Waals surface area contributed by atoms with Gasteiger partial charge >= 0.3 is 5.97 Å². The fourth-order valence-electron chi connectivity index (χ4n) is 0.880. The number of hydrogen-bond acceptors (Lipinski definition) is 2. The van der Waals surface area contributed by atoms with Crippen LogP contribution in [-0.4, -0.2) is 17.6 Å². The predicted octanol–water partition coefficient (Wildman–Crippen LogP) is 2.25. The van der Waals surface area contributed by atoms with Crippen LogP contribution >= 0.6 is 15.9 Å². The number of carbonyl (C=O) groups is 1. The number of aryl methyl sites for hydroxylation is 1. The second-order valence-electron chi connectivity index (χ2n) is 2.71. The van der Waals surface area contributed by atoms with Gasteiger partial charge in [0, 0.05) is 10.2 Å². The van der Waals surface area contributed by atoms with Crippen LogP contribution in [0, 0.1) is 6.92 Å². The van der Waals surface area contributed by atoms with Gasteiger partial charge in [0.1, 0.15) is 6.54 Å². The van der Waals surface area contributed by atoms with E-state index in [4.69, 9.17) is 5.11 Å². The van der Waals surface area contributed by atoms with E-state index in [1.165, 1.54) is 0 Å². The van der Waals surface area contributed by atoms with Gasteiger partial charge in [0.15, 0.2) is 0 Å². The molecular formula is C9H10BrNO2. The summed E-state index contributed by atoms with van der Waals surface area (Å²) in [5.41, 5.74) is 1.93.